The second kappa shape index (κ2) is 7.25. The average molecular weight is 273 g/mol. The number of carbonyl (C=O) groups excluding carboxylic acids is 1. The van der Waals surface area contributed by atoms with E-state index in [0.29, 0.717) is 13.2 Å². The van der Waals surface area contributed by atoms with Gasteiger partial charge in [-0.1, -0.05) is 29.8 Å². The van der Waals surface area contributed by atoms with Gasteiger partial charge >= 0.3 is 0 Å². The maximum atomic E-state index is 12.4. The summed E-state index contributed by atoms with van der Waals surface area (Å²) in [6.07, 6.45) is 6.20. The van der Waals surface area contributed by atoms with Gasteiger partial charge in [-0.25, -0.2) is 0 Å². The van der Waals surface area contributed by atoms with Gasteiger partial charge in [-0.15, -0.1) is 0 Å². The summed E-state index contributed by atoms with van der Waals surface area (Å²) in [5, 5.41) is 0. The number of benzene rings is 1. The molecule has 1 fully saturated rings. The Morgan fingerprint density at radius 1 is 1.40 bits per heavy atom. The normalized spacial score (nSPS) is 19.5. The molecule has 1 saturated heterocycles. The van der Waals surface area contributed by atoms with Crippen LogP contribution in [0.25, 0.3) is 0 Å². The Morgan fingerprint density at radius 3 is 2.85 bits per heavy atom. The van der Waals surface area contributed by atoms with Crippen LogP contribution in [0.4, 0.5) is 0 Å². The Hall–Kier alpha value is -1.61. The van der Waals surface area contributed by atoms with Crippen molar-refractivity contribution in [3.63, 3.8) is 0 Å². The van der Waals surface area contributed by atoms with E-state index < -0.39 is 0 Å². The molecule has 0 aliphatic carbocycles. The van der Waals surface area contributed by atoms with Crippen molar-refractivity contribution in [2.75, 3.05) is 19.7 Å². The van der Waals surface area contributed by atoms with Crippen LogP contribution in [-0.2, 0) is 4.74 Å². The number of ether oxygens (including phenoxy) is 1. The zero-order valence-corrected chi connectivity index (χ0v) is 12.3. The second-order valence-corrected chi connectivity index (χ2v) is 5.28. The average Bonchev–Trinajstić information content (AvgIpc) is 2.48. The topological polar surface area (TPSA) is 29.5 Å². The molecule has 2 rings (SSSR count). The number of allylic oxidation sites excluding steroid dienone is 1. The van der Waals surface area contributed by atoms with Crippen LogP contribution in [0.3, 0.4) is 0 Å². The molecule has 3 nitrogen and oxygen atoms in total. The first-order valence-electron chi connectivity index (χ1n) is 7.29. The van der Waals surface area contributed by atoms with E-state index >= 15 is 0 Å². The summed E-state index contributed by atoms with van der Waals surface area (Å²) in [5.41, 5.74) is 1.94. The van der Waals surface area contributed by atoms with Gasteiger partial charge in [0.2, 0.25) is 0 Å². The standard InChI is InChI=1S/C17H23NO2/c1-3-4-12-20-16-6-5-11-18(13-16)17(19)15-9-7-14(2)8-10-15/h3-4,7-10,16H,5-6,11-13H2,1-2H3/b4-3-. The van der Waals surface area contributed by atoms with E-state index in [0.717, 1.165) is 24.9 Å². The van der Waals surface area contributed by atoms with E-state index in [2.05, 4.69) is 0 Å². The van der Waals surface area contributed by atoms with E-state index in [-0.39, 0.29) is 12.0 Å². The number of aryl methyl sites for hydroxylation is 1. The van der Waals surface area contributed by atoms with Crippen LogP contribution >= 0.6 is 0 Å². The van der Waals surface area contributed by atoms with E-state index in [4.69, 9.17) is 4.74 Å². The summed E-state index contributed by atoms with van der Waals surface area (Å²) in [6, 6.07) is 7.78. The predicted molar refractivity (Wildman–Crippen MR) is 80.9 cm³/mol. The largest absolute Gasteiger partial charge is 0.372 e. The summed E-state index contributed by atoms with van der Waals surface area (Å²) in [6.45, 7) is 6.17. The molecule has 20 heavy (non-hydrogen) atoms. The van der Waals surface area contributed by atoms with E-state index in [9.17, 15) is 4.79 Å². The molecule has 3 heteroatoms. The molecule has 1 amide bonds. The van der Waals surface area contributed by atoms with Crippen LogP contribution in [0.5, 0.6) is 0 Å². The fourth-order valence-electron chi connectivity index (χ4n) is 2.43. The quantitative estimate of drug-likeness (QED) is 0.788. The van der Waals surface area contributed by atoms with Crippen LogP contribution in [-0.4, -0.2) is 36.6 Å². The van der Waals surface area contributed by atoms with Crippen molar-refractivity contribution >= 4 is 5.91 Å². The third-order valence-corrected chi connectivity index (χ3v) is 3.63. The van der Waals surface area contributed by atoms with Crippen LogP contribution in [0.1, 0.15) is 35.7 Å². The molecule has 0 bridgehead atoms. The summed E-state index contributed by atoms with van der Waals surface area (Å²) >= 11 is 0. The van der Waals surface area contributed by atoms with E-state index in [1.807, 2.05) is 55.2 Å². The van der Waals surface area contributed by atoms with Crippen molar-refractivity contribution in [3.8, 4) is 0 Å². The van der Waals surface area contributed by atoms with Crippen LogP contribution in [0, 0.1) is 6.92 Å². The number of hydrogen-bond acceptors (Lipinski definition) is 2. The highest BCUT2D eigenvalue weighted by molar-refractivity contribution is 5.94. The summed E-state index contributed by atoms with van der Waals surface area (Å²) in [5.74, 6) is 0.115. The highest BCUT2D eigenvalue weighted by atomic mass is 16.5. The molecular formula is C17H23NO2. The predicted octanol–water partition coefficient (Wildman–Crippen LogP) is 3.19. The third kappa shape index (κ3) is 3.94. The molecule has 108 valence electrons. The molecule has 1 aliphatic heterocycles. The van der Waals surface area contributed by atoms with Gasteiger partial charge < -0.3 is 9.64 Å². The van der Waals surface area contributed by atoms with E-state index in [1.165, 1.54) is 5.56 Å². The highest BCUT2D eigenvalue weighted by Gasteiger charge is 2.24. The third-order valence-electron chi connectivity index (χ3n) is 3.63. The molecule has 1 aliphatic rings. The molecule has 0 aromatic heterocycles. The van der Waals surface area contributed by atoms with Gasteiger partial charge in [0.25, 0.3) is 5.91 Å². The summed E-state index contributed by atoms with van der Waals surface area (Å²) in [7, 11) is 0. The molecule has 1 unspecified atom stereocenters. The lowest BCUT2D eigenvalue weighted by Gasteiger charge is -2.32. The van der Waals surface area contributed by atoms with Crippen LogP contribution in [0.15, 0.2) is 36.4 Å². The van der Waals surface area contributed by atoms with Gasteiger partial charge in [0.05, 0.1) is 12.7 Å². The van der Waals surface area contributed by atoms with Crippen molar-refractivity contribution in [2.45, 2.75) is 32.8 Å². The lowest BCUT2D eigenvalue weighted by Crippen LogP contribution is -2.43. The zero-order valence-electron chi connectivity index (χ0n) is 12.3. The molecule has 1 heterocycles. The zero-order chi connectivity index (χ0) is 14.4. The maximum absolute atomic E-state index is 12.4. The molecule has 1 atom stereocenters. The highest BCUT2D eigenvalue weighted by Crippen LogP contribution is 2.16. The number of piperidine rings is 1. The minimum Gasteiger partial charge on any atom is -0.372 e. The fourth-order valence-corrected chi connectivity index (χ4v) is 2.43. The Labute approximate surface area is 121 Å². The molecular weight excluding hydrogens is 250 g/mol. The second-order valence-electron chi connectivity index (χ2n) is 5.28. The monoisotopic (exact) mass is 273 g/mol. The molecule has 1 aromatic carbocycles. The SMILES string of the molecule is C/C=C\COC1CCCN(C(=O)c2ccc(C)cc2)C1. The van der Waals surface area contributed by atoms with Crippen molar-refractivity contribution < 1.29 is 9.53 Å². The fraction of sp³-hybridized carbons (Fsp3) is 0.471. The van der Waals surface area contributed by atoms with Crippen molar-refractivity contribution in [1.82, 2.24) is 4.90 Å². The minimum atomic E-state index is 0.115. The van der Waals surface area contributed by atoms with Crippen LogP contribution < -0.4 is 0 Å². The minimum absolute atomic E-state index is 0.115. The summed E-state index contributed by atoms with van der Waals surface area (Å²) < 4.78 is 5.78. The Bertz CT molecular complexity index is 464. The van der Waals surface area contributed by atoms with Gasteiger partial charge in [0.15, 0.2) is 0 Å². The Kier molecular flexibility index (Phi) is 5.36. The van der Waals surface area contributed by atoms with Crippen LogP contribution in [0.2, 0.25) is 0 Å². The summed E-state index contributed by atoms with van der Waals surface area (Å²) in [4.78, 5) is 14.4. The van der Waals surface area contributed by atoms with Gasteiger partial charge in [0, 0.05) is 18.7 Å². The van der Waals surface area contributed by atoms with Crippen molar-refractivity contribution in [3.05, 3.63) is 47.5 Å². The lowest BCUT2D eigenvalue weighted by molar-refractivity contribution is 0.0133. The van der Waals surface area contributed by atoms with Gasteiger partial charge in [-0.3, -0.25) is 4.79 Å². The smallest absolute Gasteiger partial charge is 0.253 e. The molecule has 1 aromatic rings. The van der Waals surface area contributed by atoms with Gasteiger partial charge in [0.1, 0.15) is 0 Å². The first-order chi connectivity index (χ1) is 9.70. The van der Waals surface area contributed by atoms with Crippen molar-refractivity contribution in [2.24, 2.45) is 0 Å². The number of rotatable bonds is 4. The molecule has 0 saturated carbocycles. The number of amides is 1. The van der Waals surface area contributed by atoms with Crippen molar-refractivity contribution in [1.29, 1.82) is 0 Å². The Balaban J connectivity index is 1.94. The number of likely N-dealkylation sites (tertiary alicyclic amines) is 1. The van der Waals surface area contributed by atoms with E-state index in [1.54, 1.807) is 0 Å². The van der Waals surface area contributed by atoms with Gasteiger partial charge in [-0.2, -0.15) is 0 Å². The lowest BCUT2D eigenvalue weighted by atomic mass is 10.1. The molecule has 0 spiro atoms. The molecule has 0 N–H and O–H groups in total. The Morgan fingerprint density at radius 2 is 2.15 bits per heavy atom. The first-order valence-corrected chi connectivity index (χ1v) is 7.29. The maximum Gasteiger partial charge on any atom is 0.253 e. The first kappa shape index (κ1) is 14.8. The number of hydrogen-bond donors (Lipinski definition) is 0. The molecule has 0 radical (unpaired) electrons. The number of carbonyl (C=O) groups is 1. The van der Waals surface area contributed by atoms with Gasteiger partial charge in [-0.05, 0) is 38.8 Å². The number of nitrogens with zero attached hydrogens (tertiary/aromatic N) is 1.